The van der Waals surface area contributed by atoms with Crippen molar-refractivity contribution >= 4 is 22.5 Å². The van der Waals surface area contributed by atoms with Crippen LogP contribution in [-0.2, 0) is 0 Å². The maximum Gasteiger partial charge on any atom is 0.125 e. The number of hydrogen-bond acceptors (Lipinski definition) is 4. The number of aromatic nitrogens is 2. The molecule has 84 valence electrons. The summed E-state index contributed by atoms with van der Waals surface area (Å²) in [7, 11) is 0. The Morgan fingerprint density at radius 1 is 1.06 bits per heavy atom. The molecule has 0 fully saturated rings. The second kappa shape index (κ2) is 3.82. The summed E-state index contributed by atoms with van der Waals surface area (Å²) in [6.07, 6.45) is 0. The van der Waals surface area contributed by atoms with Crippen molar-refractivity contribution in [2.24, 2.45) is 0 Å². The van der Waals surface area contributed by atoms with Crippen molar-refractivity contribution in [2.45, 2.75) is 6.92 Å². The molecule has 2 aromatic carbocycles. The van der Waals surface area contributed by atoms with Gasteiger partial charge in [0.25, 0.3) is 0 Å². The van der Waals surface area contributed by atoms with Gasteiger partial charge in [-0.25, -0.2) is 0 Å². The maximum atomic E-state index is 10.0. The van der Waals surface area contributed by atoms with Crippen LogP contribution in [0.4, 0.5) is 0 Å². The molecule has 0 spiro atoms. The van der Waals surface area contributed by atoms with Gasteiger partial charge < -0.3 is 5.11 Å². The summed E-state index contributed by atoms with van der Waals surface area (Å²) < 4.78 is 8.43. The lowest BCUT2D eigenvalue weighted by Crippen LogP contribution is -1.85. The van der Waals surface area contributed by atoms with Gasteiger partial charge in [-0.15, -0.1) is 0 Å². The van der Waals surface area contributed by atoms with Crippen molar-refractivity contribution in [3.63, 3.8) is 0 Å². The minimum Gasteiger partial charge on any atom is -0.507 e. The Morgan fingerprint density at radius 2 is 1.88 bits per heavy atom. The number of aryl methyl sites for hydroxylation is 1. The average Bonchev–Trinajstić information content (AvgIpc) is 2.75. The van der Waals surface area contributed by atoms with Crippen LogP contribution in [0.1, 0.15) is 5.69 Å². The molecule has 17 heavy (non-hydrogen) atoms. The van der Waals surface area contributed by atoms with Gasteiger partial charge >= 0.3 is 0 Å². The van der Waals surface area contributed by atoms with Crippen LogP contribution in [0.2, 0.25) is 0 Å². The normalized spacial score (nSPS) is 10.9. The second-order valence-electron chi connectivity index (χ2n) is 3.88. The maximum absolute atomic E-state index is 10.0. The first-order valence-corrected chi connectivity index (χ1v) is 6.00. The SMILES string of the molecule is Cc1nsnc1-c1c(O)ccc2ccccc12. The molecule has 1 N–H and O–H groups in total. The lowest BCUT2D eigenvalue weighted by atomic mass is 10.0. The van der Waals surface area contributed by atoms with Gasteiger partial charge in [0.2, 0.25) is 0 Å². The fourth-order valence-corrected chi connectivity index (χ4v) is 2.52. The Balaban J connectivity index is 2.42. The van der Waals surface area contributed by atoms with Crippen molar-refractivity contribution in [1.29, 1.82) is 0 Å². The van der Waals surface area contributed by atoms with E-state index in [0.717, 1.165) is 27.7 Å². The third kappa shape index (κ3) is 1.57. The van der Waals surface area contributed by atoms with E-state index in [4.69, 9.17) is 0 Å². The van der Waals surface area contributed by atoms with E-state index >= 15 is 0 Å². The summed E-state index contributed by atoms with van der Waals surface area (Å²) in [4.78, 5) is 0. The molecule has 0 bridgehead atoms. The third-order valence-corrected chi connectivity index (χ3v) is 3.42. The molecule has 1 heterocycles. The van der Waals surface area contributed by atoms with E-state index in [1.54, 1.807) is 6.07 Å². The van der Waals surface area contributed by atoms with E-state index < -0.39 is 0 Å². The molecule has 3 nitrogen and oxygen atoms in total. The first kappa shape index (κ1) is 10.2. The third-order valence-electron chi connectivity index (χ3n) is 2.80. The quantitative estimate of drug-likeness (QED) is 0.711. The molecule has 3 aromatic rings. The molecule has 4 heteroatoms. The van der Waals surface area contributed by atoms with Gasteiger partial charge in [0.15, 0.2) is 0 Å². The monoisotopic (exact) mass is 242 g/mol. The molecule has 0 aliphatic rings. The van der Waals surface area contributed by atoms with E-state index in [1.807, 2.05) is 37.3 Å². The lowest BCUT2D eigenvalue weighted by molar-refractivity contribution is 0.478. The average molecular weight is 242 g/mol. The summed E-state index contributed by atoms with van der Waals surface area (Å²) >= 11 is 1.17. The first-order chi connectivity index (χ1) is 8.27. The lowest BCUT2D eigenvalue weighted by Gasteiger charge is -2.07. The van der Waals surface area contributed by atoms with Gasteiger partial charge in [-0.3, -0.25) is 0 Å². The Hall–Kier alpha value is -1.94. The van der Waals surface area contributed by atoms with Crippen molar-refractivity contribution in [3.05, 3.63) is 42.1 Å². The van der Waals surface area contributed by atoms with E-state index in [9.17, 15) is 5.11 Å². The molecule has 0 amide bonds. The summed E-state index contributed by atoms with van der Waals surface area (Å²) in [6, 6.07) is 11.6. The molecule has 1 aromatic heterocycles. The zero-order valence-corrected chi connectivity index (χ0v) is 10.0. The molecular weight excluding hydrogens is 232 g/mol. The van der Waals surface area contributed by atoms with Crippen molar-refractivity contribution in [1.82, 2.24) is 8.75 Å². The number of fused-ring (bicyclic) bond motifs is 1. The smallest absolute Gasteiger partial charge is 0.125 e. The number of phenols is 1. The number of phenolic OH excluding ortho intramolecular Hbond substituents is 1. The first-order valence-electron chi connectivity index (χ1n) is 5.27. The van der Waals surface area contributed by atoms with Gasteiger partial charge in [0, 0.05) is 0 Å². The highest BCUT2D eigenvalue weighted by Crippen LogP contribution is 2.36. The summed E-state index contributed by atoms with van der Waals surface area (Å²) in [5, 5.41) is 12.1. The molecule has 3 rings (SSSR count). The van der Waals surface area contributed by atoms with E-state index in [2.05, 4.69) is 8.75 Å². The predicted molar refractivity (Wildman–Crippen MR) is 69.3 cm³/mol. The van der Waals surface area contributed by atoms with Crippen molar-refractivity contribution < 1.29 is 5.11 Å². The number of aromatic hydroxyl groups is 1. The summed E-state index contributed by atoms with van der Waals surface area (Å²) in [5.41, 5.74) is 2.39. The van der Waals surface area contributed by atoms with E-state index in [-0.39, 0.29) is 5.75 Å². The van der Waals surface area contributed by atoms with Crippen LogP contribution in [0.15, 0.2) is 36.4 Å². The highest BCUT2D eigenvalue weighted by molar-refractivity contribution is 6.99. The fraction of sp³-hybridized carbons (Fsp3) is 0.0769. The fourth-order valence-electron chi connectivity index (χ4n) is 1.97. The Bertz CT molecular complexity index is 691. The Kier molecular flexibility index (Phi) is 2.30. The van der Waals surface area contributed by atoms with Crippen LogP contribution in [-0.4, -0.2) is 13.9 Å². The molecule has 0 atom stereocenters. The summed E-state index contributed by atoms with van der Waals surface area (Å²) in [5.74, 6) is 0.250. The van der Waals surface area contributed by atoms with Crippen LogP contribution < -0.4 is 0 Å². The molecular formula is C13H10N2OS. The Labute approximate surface area is 103 Å². The van der Waals surface area contributed by atoms with Crippen LogP contribution >= 0.6 is 11.7 Å². The minimum atomic E-state index is 0.250. The van der Waals surface area contributed by atoms with E-state index in [1.165, 1.54) is 11.7 Å². The van der Waals surface area contributed by atoms with Crippen LogP contribution in [0, 0.1) is 6.92 Å². The number of rotatable bonds is 1. The topological polar surface area (TPSA) is 46.0 Å². The molecule has 0 radical (unpaired) electrons. The molecule has 0 saturated heterocycles. The largest absolute Gasteiger partial charge is 0.507 e. The number of nitrogens with zero attached hydrogens (tertiary/aromatic N) is 2. The van der Waals surface area contributed by atoms with Gasteiger partial charge in [-0.2, -0.15) is 8.75 Å². The minimum absolute atomic E-state index is 0.250. The van der Waals surface area contributed by atoms with Gasteiger partial charge in [0.05, 0.1) is 23.0 Å². The predicted octanol–water partition coefficient (Wildman–Crippen LogP) is 3.37. The second-order valence-corrected chi connectivity index (χ2v) is 4.41. The number of hydrogen-bond donors (Lipinski definition) is 1. The molecule has 0 unspecified atom stereocenters. The summed E-state index contributed by atoms with van der Waals surface area (Å²) in [6.45, 7) is 1.90. The molecule has 0 aliphatic heterocycles. The van der Waals surface area contributed by atoms with Crippen molar-refractivity contribution in [3.8, 4) is 17.0 Å². The highest BCUT2D eigenvalue weighted by atomic mass is 32.1. The van der Waals surface area contributed by atoms with E-state index in [0.29, 0.717) is 0 Å². The zero-order chi connectivity index (χ0) is 11.8. The van der Waals surface area contributed by atoms with Gasteiger partial charge in [0.1, 0.15) is 11.4 Å². The van der Waals surface area contributed by atoms with Gasteiger partial charge in [-0.05, 0) is 23.8 Å². The van der Waals surface area contributed by atoms with Crippen molar-refractivity contribution in [2.75, 3.05) is 0 Å². The standard InChI is InChI=1S/C13H10N2OS/c1-8-13(15-17-14-8)12-10-5-3-2-4-9(10)6-7-11(12)16/h2-7,16H,1H3. The van der Waals surface area contributed by atoms with Crippen LogP contribution in [0.5, 0.6) is 5.75 Å². The zero-order valence-electron chi connectivity index (χ0n) is 9.21. The van der Waals surface area contributed by atoms with Crippen LogP contribution in [0.3, 0.4) is 0 Å². The van der Waals surface area contributed by atoms with Gasteiger partial charge in [-0.1, -0.05) is 30.3 Å². The van der Waals surface area contributed by atoms with Crippen LogP contribution in [0.25, 0.3) is 22.0 Å². The highest BCUT2D eigenvalue weighted by Gasteiger charge is 2.14. The Morgan fingerprint density at radius 3 is 2.65 bits per heavy atom. The molecule has 0 aliphatic carbocycles. The number of benzene rings is 2. The molecule has 0 saturated carbocycles.